The summed E-state index contributed by atoms with van der Waals surface area (Å²) in [4.78, 5) is 53.8. The number of nitrogens with zero attached hydrogens (tertiary/aromatic N) is 2. The third-order valence-corrected chi connectivity index (χ3v) is 5.18. The number of rotatable bonds is 9. The lowest BCUT2D eigenvalue weighted by atomic mass is 10.2. The van der Waals surface area contributed by atoms with Gasteiger partial charge in [-0.2, -0.15) is 0 Å². The second-order valence-electron chi connectivity index (χ2n) is 8.37. The fraction of sp³-hybridized carbons (Fsp3) is 0.478. The van der Waals surface area contributed by atoms with Gasteiger partial charge in [0, 0.05) is 13.1 Å². The van der Waals surface area contributed by atoms with Gasteiger partial charge >= 0.3 is 11.7 Å². The maximum Gasteiger partial charge on any atom is 0.351 e. The van der Waals surface area contributed by atoms with E-state index in [0.29, 0.717) is 24.5 Å². The van der Waals surface area contributed by atoms with Crippen LogP contribution in [-0.4, -0.2) is 47.3 Å². The molecule has 3 rings (SSSR count). The van der Waals surface area contributed by atoms with Crippen LogP contribution in [-0.2, 0) is 20.9 Å². The summed E-state index contributed by atoms with van der Waals surface area (Å²) >= 11 is 0. The van der Waals surface area contributed by atoms with Gasteiger partial charge in [0.15, 0.2) is 23.8 Å². The molecular weight excluding hydrogens is 444 g/mol. The first-order valence-corrected chi connectivity index (χ1v) is 11.2. The zero-order valence-electron chi connectivity index (χ0n) is 19.5. The van der Waals surface area contributed by atoms with Gasteiger partial charge in [-0.15, -0.1) is 0 Å². The van der Waals surface area contributed by atoms with Gasteiger partial charge in [0.2, 0.25) is 6.10 Å². The van der Waals surface area contributed by atoms with E-state index in [4.69, 9.17) is 19.9 Å². The molecule has 0 radical (unpaired) electrons. The van der Waals surface area contributed by atoms with Gasteiger partial charge < -0.3 is 24.8 Å². The molecule has 11 heteroatoms. The van der Waals surface area contributed by atoms with Crippen molar-refractivity contribution in [2.75, 3.05) is 30.4 Å². The molecule has 1 aliphatic heterocycles. The molecular formula is C23H30N4O7. The van der Waals surface area contributed by atoms with Crippen LogP contribution in [0.1, 0.15) is 33.6 Å². The Bertz CT molecular complexity index is 1150. The molecule has 3 N–H and O–H groups in total. The van der Waals surface area contributed by atoms with Crippen LogP contribution in [0.15, 0.2) is 33.9 Å². The van der Waals surface area contributed by atoms with E-state index in [2.05, 4.69) is 4.98 Å². The minimum Gasteiger partial charge on any atom is -0.485 e. The van der Waals surface area contributed by atoms with Crippen molar-refractivity contribution in [1.29, 1.82) is 0 Å². The normalized spacial score (nSPS) is 14.6. The fourth-order valence-corrected chi connectivity index (χ4v) is 3.50. The number of unbranched alkanes of at least 4 members (excludes halogenated alkanes) is 1. The zero-order valence-corrected chi connectivity index (χ0v) is 19.5. The Morgan fingerprint density at radius 3 is 2.65 bits per heavy atom. The van der Waals surface area contributed by atoms with E-state index in [1.807, 2.05) is 20.8 Å². The summed E-state index contributed by atoms with van der Waals surface area (Å²) in [5.41, 5.74) is 4.60. The lowest BCUT2D eigenvalue weighted by Gasteiger charge is -2.27. The van der Waals surface area contributed by atoms with Crippen LogP contribution in [0, 0.1) is 5.92 Å². The van der Waals surface area contributed by atoms with Gasteiger partial charge in [0.1, 0.15) is 12.4 Å². The number of amides is 1. The average Bonchev–Trinajstić information content (AvgIpc) is 2.80. The number of aromatic nitrogens is 2. The molecule has 1 atom stereocenters. The van der Waals surface area contributed by atoms with Crippen LogP contribution in [0.25, 0.3) is 0 Å². The molecule has 1 amide bonds. The molecule has 0 saturated carbocycles. The van der Waals surface area contributed by atoms with Crippen molar-refractivity contribution in [3.05, 3.63) is 45.1 Å². The third-order valence-electron chi connectivity index (χ3n) is 5.18. The minimum atomic E-state index is -1.04. The number of H-pyrrole nitrogens is 1. The zero-order chi connectivity index (χ0) is 24.8. The summed E-state index contributed by atoms with van der Waals surface area (Å²) < 4.78 is 17.5. The summed E-state index contributed by atoms with van der Waals surface area (Å²) in [5.74, 6) is -0.667. The second-order valence-corrected chi connectivity index (χ2v) is 8.37. The van der Waals surface area contributed by atoms with Crippen LogP contribution in [0.5, 0.6) is 11.5 Å². The number of esters is 1. The van der Waals surface area contributed by atoms with E-state index in [9.17, 15) is 19.2 Å². The van der Waals surface area contributed by atoms with Crippen LogP contribution in [0.3, 0.4) is 0 Å². The molecule has 0 fully saturated rings. The van der Waals surface area contributed by atoms with E-state index < -0.39 is 35.8 Å². The summed E-state index contributed by atoms with van der Waals surface area (Å²) in [6.07, 6.45) is 0.436. The van der Waals surface area contributed by atoms with Crippen molar-refractivity contribution in [2.45, 2.75) is 46.3 Å². The number of fused-ring (bicyclic) bond motifs is 1. The highest BCUT2D eigenvalue weighted by Crippen LogP contribution is 2.31. The van der Waals surface area contributed by atoms with Gasteiger partial charge in [-0.3, -0.25) is 19.1 Å². The molecule has 0 aliphatic carbocycles. The van der Waals surface area contributed by atoms with Gasteiger partial charge in [-0.1, -0.05) is 39.3 Å². The standard InChI is InChI=1S/C23H30N4O7/c1-4-5-10-26-20(24)19(21(29)25-23(26)31)27(11-14(2)3)18(28)13-33-22(30)17-12-32-15-8-6-7-9-16(15)34-17/h6-9,14,17H,4-5,10-13,24H2,1-3H3,(H,25,29,31)/t17-/m0/s1. The molecule has 11 nitrogen and oxygen atoms in total. The predicted octanol–water partition coefficient (Wildman–Crippen LogP) is 1.29. The molecule has 0 saturated heterocycles. The Hall–Kier alpha value is -3.76. The molecule has 1 aromatic carbocycles. The lowest BCUT2D eigenvalue weighted by Crippen LogP contribution is -2.45. The molecule has 2 heterocycles. The van der Waals surface area contributed by atoms with Crippen LogP contribution in [0.4, 0.5) is 11.5 Å². The number of nitrogen functional groups attached to an aromatic ring is 1. The summed E-state index contributed by atoms with van der Waals surface area (Å²) in [7, 11) is 0. The smallest absolute Gasteiger partial charge is 0.351 e. The average molecular weight is 475 g/mol. The molecule has 0 spiro atoms. The molecule has 2 aromatic rings. The van der Waals surface area contributed by atoms with Gasteiger partial charge in [-0.05, 0) is 24.5 Å². The first kappa shape index (κ1) is 24.9. The Balaban J connectivity index is 1.77. The molecule has 1 aromatic heterocycles. The quantitative estimate of drug-likeness (QED) is 0.517. The van der Waals surface area contributed by atoms with Gasteiger partial charge in [0.05, 0.1) is 0 Å². The van der Waals surface area contributed by atoms with E-state index in [-0.39, 0.29) is 30.6 Å². The highest BCUT2D eigenvalue weighted by Gasteiger charge is 2.31. The van der Waals surface area contributed by atoms with Crippen molar-refractivity contribution in [2.24, 2.45) is 5.92 Å². The monoisotopic (exact) mass is 474 g/mol. The Morgan fingerprint density at radius 2 is 1.97 bits per heavy atom. The Morgan fingerprint density at radius 1 is 1.26 bits per heavy atom. The van der Waals surface area contributed by atoms with Crippen molar-refractivity contribution < 1.29 is 23.8 Å². The largest absolute Gasteiger partial charge is 0.485 e. The highest BCUT2D eigenvalue weighted by atomic mass is 16.6. The first-order chi connectivity index (χ1) is 16.2. The Kier molecular flexibility index (Phi) is 7.98. The second kappa shape index (κ2) is 10.9. The van der Waals surface area contributed by atoms with Crippen molar-refractivity contribution in [1.82, 2.24) is 9.55 Å². The maximum atomic E-state index is 13.1. The summed E-state index contributed by atoms with van der Waals surface area (Å²) in [6.45, 7) is 5.39. The maximum absolute atomic E-state index is 13.1. The number of para-hydroxylation sites is 2. The number of aromatic amines is 1. The van der Waals surface area contributed by atoms with Crippen LogP contribution >= 0.6 is 0 Å². The Labute approximate surface area is 196 Å². The molecule has 184 valence electrons. The third kappa shape index (κ3) is 5.59. The van der Waals surface area contributed by atoms with Crippen molar-refractivity contribution in [3.63, 3.8) is 0 Å². The first-order valence-electron chi connectivity index (χ1n) is 11.2. The number of nitrogens with two attached hydrogens (primary N) is 1. The number of ether oxygens (including phenoxy) is 3. The highest BCUT2D eigenvalue weighted by molar-refractivity contribution is 5.97. The lowest BCUT2D eigenvalue weighted by molar-refractivity contribution is -0.157. The topological polar surface area (TPSA) is 146 Å². The number of hydrogen-bond acceptors (Lipinski definition) is 8. The molecule has 0 unspecified atom stereocenters. The number of anilines is 2. The van der Waals surface area contributed by atoms with Gasteiger partial charge in [0.25, 0.3) is 11.5 Å². The molecule has 34 heavy (non-hydrogen) atoms. The predicted molar refractivity (Wildman–Crippen MR) is 125 cm³/mol. The summed E-state index contributed by atoms with van der Waals surface area (Å²) in [5, 5.41) is 0. The van der Waals surface area contributed by atoms with E-state index >= 15 is 0 Å². The van der Waals surface area contributed by atoms with E-state index in [1.54, 1.807) is 24.3 Å². The van der Waals surface area contributed by atoms with Crippen LogP contribution in [0.2, 0.25) is 0 Å². The fourth-order valence-electron chi connectivity index (χ4n) is 3.50. The summed E-state index contributed by atoms with van der Waals surface area (Å²) in [6, 6.07) is 6.89. The number of carbonyl (C=O) groups is 2. The van der Waals surface area contributed by atoms with Crippen molar-refractivity contribution in [3.8, 4) is 11.5 Å². The van der Waals surface area contributed by atoms with E-state index in [1.165, 1.54) is 4.57 Å². The number of nitrogens with one attached hydrogen (secondary N) is 1. The van der Waals surface area contributed by atoms with Gasteiger partial charge in [-0.25, -0.2) is 9.59 Å². The van der Waals surface area contributed by atoms with E-state index in [0.717, 1.165) is 11.3 Å². The minimum absolute atomic E-state index is 0.0407. The molecule has 1 aliphatic rings. The number of benzene rings is 1. The van der Waals surface area contributed by atoms with Crippen molar-refractivity contribution >= 4 is 23.4 Å². The number of carbonyl (C=O) groups excluding carboxylic acids is 2. The van der Waals surface area contributed by atoms with Crippen LogP contribution < -0.4 is 31.4 Å². The number of hydrogen-bond donors (Lipinski definition) is 2. The molecule has 0 bridgehead atoms. The SMILES string of the molecule is CCCCn1c(N)c(N(CC(C)C)C(=O)COC(=O)[C@@H]2COc3ccccc3O2)c(=O)[nH]c1=O.